The molecule has 26 heavy (non-hydrogen) atoms. The number of ether oxygens (including phenoxy) is 2. The Morgan fingerprint density at radius 1 is 1.08 bits per heavy atom. The molecule has 2 rings (SSSR count). The molecule has 0 heterocycles. The number of halogens is 1. The first-order valence-electron chi connectivity index (χ1n) is 8.63. The summed E-state index contributed by atoms with van der Waals surface area (Å²) < 4.78 is 10.3. The molecule has 0 amide bonds. The molecule has 0 aliphatic rings. The number of benzene rings is 2. The van der Waals surface area contributed by atoms with E-state index in [9.17, 15) is 9.59 Å². The Morgan fingerprint density at radius 2 is 1.81 bits per heavy atom. The minimum Gasteiger partial charge on any atom is -0.497 e. The molecule has 138 valence electrons. The predicted octanol–water partition coefficient (Wildman–Crippen LogP) is 4.58. The molecule has 0 spiro atoms. The van der Waals surface area contributed by atoms with Gasteiger partial charge in [-0.25, -0.2) is 0 Å². The van der Waals surface area contributed by atoms with Crippen LogP contribution in [-0.2, 0) is 16.0 Å². The van der Waals surface area contributed by atoms with Crippen LogP contribution in [0.15, 0.2) is 48.5 Å². The van der Waals surface area contributed by atoms with Crippen molar-refractivity contribution in [1.82, 2.24) is 0 Å². The average Bonchev–Trinajstić information content (AvgIpc) is 2.67. The van der Waals surface area contributed by atoms with E-state index in [0.717, 1.165) is 18.4 Å². The summed E-state index contributed by atoms with van der Waals surface area (Å²) in [4.78, 5) is 24.2. The number of hydrogen-bond acceptors (Lipinski definition) is 4. The highest BCUT2D eigenvalue weighted by molar-refractivity contribution is 9.10. The Morgan fingerprint density at radius 3 is 2.46 bits per heavy atom. The molecule has 0 aliphatic heterocycles. The van der Waals surface area contributed by atoms with Gasteiger partial charge in [-0.3, -0.25) is 9.59 Å². The van der Waals surface area contributed by atoms with Gasteiger partial charge >= 0.3 is 5.97 Å². The topological polar surface area (TPSA) is 52.6 Å². The number of unbranched alkanes of at least 4 members (excludes halogenated alkanes) is 1. The SMILES string of the molecule is CCCCOC(=O)C(Br)Cc1cccc(C(=O)c2ccc(OC)cc2)c1. The van der Waals surface area contributed by atoms with Crippen molar-refractivity contribution < 1.29 is 19.1 Å². The van der Waals surface area contributed by atoms with E-state index in [-0.39, 0.29) is 11.8 Å². The van der Waals surface area contributed by atoms with Gasteiger partial charge in [0.25, 0.3) is 0 Å². The largest absolute Gasteiger partial charge is 0.497 e. The van der Waals surface area contributed by atoms with Crippen LogP contribution in [0.2, 0.25) is 0 Å². The lowest BCUT2D eigenvalue weighted by Crippen LogP contribution is -2.20. The van der Waals surface area contributed by atoms with Crippen molar-refractivity contribution in [3.63, 3.8) is 0 Å². The number of methoxy groups -OCH3 is 1. The Kier molecular flexibility index (Phi) is 7.85. The fourth-order valence-corrected chi connectivity index (χ4v) is 2.95. The molecule has 2 aromatic rings. The molecule has 0 saturated heterocycles. The van der Waals surface area contributed by atoms with E-state index in [1.165, 1.54) is 0 Å². The maximum Gasteiger partial charge on any atom is 0.320 e. The highest BCUT2D eigenvalue weighted by Gasteiger charge is 2.18. The van der Waals surface area contributed by atoms with Gasteiger partial charge in [-0.2, -0.15) is 0 Å². The smallest absolute Gasteiger partial charge is 0.320 e. The van der Waals surface area contributed by atoms with Gasteiger partial charge in [-0.05, 0) is 48.7 Å². The first kappa shape index (κ1) is 20.2. The summed E-state index contributed by atoms with van der Waals surface area (Å²) in [6, 6.07) is 14.3. The lowest BCUT2D eigenvalue weighted by Gasteiger charge is -2.11. The van der Waals surface area contributed by atoms with Crippen LogP contribution in [0.3, 0.4) is 0 Å². The van der Waals surface area contributed by atoms with Gasteiger partial charge in [-0.15, -0.1) is 0 Å². The van der Waals surface area contributed by atoms with E-state index in [4.69, 9.17) is 9.47 Å². The predicted molar refractivity (Wildman–Crippen MR) is 105 cm³/mol. The lowest BCUT2D eigenvalue weighted by atomic mass is 9.99. The summed E-state index contributed by atoms with van der Waals surface area (Å²) in [5, 5.41) is 0. The van der Waals surface area contributed by atoms with Gasteiger partial charge in [0.1, 0.15) is 10.6 Å². The Hall–Kier alpha value is -2.14. The van der Waals surface area contributed by atoms with E-state index >= 15 is 0 Å². The normalized spacial score (nSPS) is 11.7. The average molecular weight is 419 g/mol. The first-order valence-corrected chi connectivity index (χ1v) is 9.55. The van der Waals surface area contributed by atoms with Gasteiger partial charge < -0.3 is 9.47 Å². The van der Waals surface area contributed by atoms with Crippen LogP contribution in [0.5, 0.6) is 5.75 Å². The van der Waals surface area contributed by atoms with E-state index in [2.05, 4.69) is 15.9 Å². The Bertz CT molecular complexity index is 740. The van der Waals surface area contributed by atoms with Crippen molar-refractivity contribution in [3.05, 3.63) is 65.2 Å². The zero-order valence-corrected chi connectivity index (χ0v) is 16.6. The summed E-state index contributed by atoms with van der Waals surface area (Å²) in [5.41, 5.74) is 2.09. The highest BCUT2D eigenvalue weighted by Crippen LogP contribution is 2.18. The molecule has 0 N–H and O–H groups in total. The Balaban J connectivity index is 2.04. The Labute approximate surface area is 162 Å². The second-order valence-corrected chi connectivity index (χ2v) is 7.06. The maximum absolute atomic E-state index is 12.6. The van der Waals surface area contributed by atoms with Gasteiger partial charge in [-0.1, -0.05) is 47.5 Å². The van der Waals surface area contributed by atoms with Crippen LogP contribution in [0.25, 0.3) is 0 Å². The van der Waals surface area contributed by atoms with Crippen molar-refractivity contribution in [3.8, 4) is 5.75 Å². The number of carbonyl (C=O) groups excluding carboxylic acids is 2. The first-order chi connectivity index (χ1) is 12.5. The summed E-state index contributed by atoms with van der Waals surface area (Å²) in [6.45, 7) is 2.48. The number of hydrogen-bond donors (Lipinski definition) is 0. The van der Waals surface area contributed by atoms with Crippen molar-refractivity contribution in [1.29, 1.82) is 0 Å². The summed E-state index contributed by atoms with van der Waals surface area (Å²) in [5.74, 6) is 0.371. The van der Waals surface area contributed by atoms with E-state index in [1.807, 2.05) is 25.1 Å². The molecule has 0 fully saturated rings. The van der Waals surface area contributed by atoms with Crippen molar-refractivity contribution in [2.75, 3.05) is 13.7 Å². The molecule has 2 aromatic carbocycles. The van der Waals surface area contributed by atoms with Crippen LogP contribution in [-0.4, -0.2) is 30.3 Å². The molecular weight excluding hydrogens is 396 g/mol. The van der Waals surface area contributed by atoms with Crippen LogP contribution in [0, 0.1) is 0 Å². The second-order valence-electron chi connectivity index (χ2n) is 5.95. The van der Waals surface area contributed by atoms with Crippen molar-refractivity contribution in [2.24, 2.45) is 0 Å². The number of ketones is 1. The number of carbonyl (C=O) groups is 2. The summed E-state index contributed by atoms with van der Waals surface area (Å²) in [6.07, 6.45) is 2.31. The van der Waals surface area contributed by atoms with Crippen LogP contribution in [0.1, 0.15) is 41.3 Å². The third-order valence-electron chi connectivity index (χ3n) is 3.95. The van der Waals surface area contributed by atoms with Crippen LogP contribution >= 0.6 is 15.9 Å². The third kappa shape index (κ3) is 5.70. The maximum atomic E-state index is 12.6. The van der Waals surface area contributed by atoms with Crippen molar-refractivity contribution in [2.45, 2.75) is 31.0 Å². The lowest BCUT2D eigenvalue weighted by molar-refractivity contribution is -0.142. The quantitative estimate of drug-likeness (QED) is 0.259. The van der Waals surface area contributed by atoms with Crippen LogP contribution < -0.4 is 4.74 Å². The van der Waals surface area contributed by atoms with Gasteiger partial charge in [0.15, 0.2) is 5.78 Å². The monoisotopic (exact) mass is 418 g/mol. The molecule has 5 heteroatoms. The molecule has 0 saturated carbocycles. The molecule has 0 bridgehead atoms. The number of alkyl halides is 1. The minimum atomic E-state index is -0.425. The molecule has 1 atom stereocenters. The van der Waals surface area contributed by atoms with Gasteiger partial charge in [0.2, 0.25) is 0 Å². The van der Waals surface area contributed by atoms with E-state index in [0.29, 0.717) is 29.9 Å². The molecule has 4 nitrogen and oxygen atoms in total. The standard InChI is InChI=1S/C21H23BrO4/c1-3-4-12-26-21(24)19(22)14-15-6-5-7-17(13-15)20(23)16-8-10-18(25-2)11-9-16/h5-11,13,19H,3-4,12,14H2,1-2H3. The zero-order valence-electron chi connectivity index (χ0n) is 15.0. The van der Waals surface area contributed by atoms with E-state index in [1.54, 1.807) is 37.4 Å². The molecular formula is C21H23BrO4. The van der Waals surface area contributed by atoms with Crippen LogP contribution in [0.4, 0.5) is 0 Å². The summed E-state index contributed by atoms with van der Waals surface area (Å²) in [7, 11) is 1.59. The second kappa shape index (κ2) is 10.1. The number of esters is 1. The van der Waals surface area contributed by atoms with Gasteiger partial charge in [0.05, 0.1) is 13.7 Å². The molecule has 0 radical (unpaired) electrons. The number of rotatable bonds is 9. The molecule has 0 aromatic heterocycles. The van der Waals surface area contributed by atoms with Gasteiger partial charge in [0, 0.05) is 11.1 Å². The van der Waals surface area contributed by atoms with Crippen molar-refractivity contribution >= 4 is 27.7 Å². The summed E-state index contributed by atoms with van der Waals surface area (Å²) >= 11 is 3.38. The minimum absolute atomic E-state index is 0.0638. The third-order valence-corrected chi connectivity index (χ3v) is 4.65. The van der Waals surface area contributed by atoms with E-state index < -0.39 is 4.83 Å². The highest BCUT2D eigenvalue weighted by atomic mass is 79.9. The fraction of sp³-hybridized carbons (Fsp3) is 0.333. The molecule has 1 unspecified atom stereocenters. The molecule has 0 aliphatic carbocycles. The fourth-order valence-electron chi connectivity index (χ4n) is 2.45. The zero-order chi connectivity index (χ0) is 18.9.